The fourth-order valence-electron chi connectivity index (χ4n) is 2.89. The van der Waals surface area contributed by atoms with E-state index < -0.39 is 9.84 Å². The van der Waals surface area contributed by atoms with Gasteiger partial charge in [0.05, 0.1) is 11.5 Å². The summed E-state index contributed by atoms with van der Waals surface area (Å²) in [7, 11) is -3.09. The van der Waals surface area contributed by atoms with Gasteiger partial charge in [-0.2, -0.15) is 0 Å². The van der Waals surface area contributed by atoms with E-state index in [2.05, 4.69) is 10.3 Å². The van der Waals surface area contributed by atoms with Crippen molar-refractivity contribution in [2.75, 3.05) is 12.3 Å². The molecule has 2 rings (SSSR count). The van der Waals surface area contributed by atoms with Crippen LogP contribution in [0.4, 0.5) is 0 Å². The van der Waals surface area contributed by atoms with Crippen LogP contribution in [0.2, 0.25) is 0 Å². The summed E-state index contributed by atoms with van der Waals surface area (Å²) in [5, 5.41) is 3.23. The summed E-state index contributed by atoms with van der Waals surface area (Å²) in [6.07, 6.45) is 6.56. The van der Waals surface area contributed by atoms with Crippen molar-refractivity contribution in [3.05, 3.63) is 35.9 Å². The Morgan fingerprint density at radius 2 is 1.87 bits per heavy atom. The van der Waals surface area contributed by atoms with E-state index in [4.69, 9.17) is 5.73 Å². The Morgan fingerprint density at radius 1 is 1.17 bits per heavy atom. The zero-order chi connectivity index (χ0) is 16.5. The van der Waals surface area contributed by atoms with Crippen molar-refractivity contribution in [1.29, 1.82) is 0 Å². The van der Waals surface area contributed by atoms with Crippen molar-refractivity contribution >= 4 is 15.8 Å². The molecular formula is C17H27N3O2S. The van der Waals surface area contributed by atoms with Gasteiger partial charge in [0.15, 0.2) is 15.8 Å². The molecule has 128 valence electrons. The fraction of sp³-hybridized carbons (Fsp3) is 0.588. The molecule has 0 bridgehead atoms. The predicted octanol–water partition coefficient (Wildman–Crippen LogP) is 2.23. The summed E-state index contributed by atoms with van der Waals surface area (Å²) < 4.78 is 24.1. The minimum Gasteiger partial charge on any atom is -0.370 e. The lowest BCUT2D eigenvalue weighted by Crippen LogP contribution is -2.41. The highest BCUT2D eigenvalue weighted by molar-refractivity contribution is 7.90. The third-order valence-electron chi connectivity index (χ3n) is 4.08. The number of sulfone groups is 1. The number of hydrogen-bond donors (Lipinski definition) is 2. The third-order valence-corrected chi connectivity index (χ3v) is 5.77. The van der Waals surface area contributed by atoms with E-state index in [0.717, 1.165) is 18.4 Å². The summed E-state index contributed by atoms with van der Waals surface area (Å²) in [5.74, 6) is 0.674. The zero-order valence-corrected chi connectivity index (χ0v) is 14.4. The number of aliphatic imine (C=N–C) groups is 1. The molecule has 6 heteroatoms. The Hall–Kier alpha value is -1.56. The monoisotopic (exact) mass is 337 g/mol. The molecule has 1 aromatic rings. The molecular weight excluding hydrogens is 310 g/mol. The molecule has 0 radical (unpaired) electrons. The first-order valence-corrected chi connectivity index (χ1v) is 10.2. The number of hydrogen-bond acceptors (Lipinski definition) is 3. The highest BCUT2D eigenvalue weighted by atomic mass is 32.2. The van der Waals surface area contributed by atoms with E-state index in [0.29, 0.717) is 25.0 Å². The van der Waals surface area contributed by atoms with Crippen LogP contribution in [0.1, 0.15) is 44.1 Å². The Kier molecular flexibility index (Phi) is 6.89. The molecule has 1 fully saturated rings. The number of guanidine groups is 1. The van der Waals surface area contributed by atoms with Crippen LogP contribution in [-0.2, 0) is 15.6 Å². The van der Waals surface area contributed by atoms with Crippen molar-refractivity contribution in [2.24, 2.45) is 10.7 Å². The minimum atomic E-state index is -3.09. The molecule has 0 spiro atoms. The fourth-order valence-corrected chi connectivity index (χ4v) is 4.30. The molecule has 0 aromatic heterocycles. The largest absolute Gasteiger partial charge is 0.370 e. The number of nitrogens with one attached hydrogen (secondary N) is 1. The molecule has 3 N–H and O–H groups in total. The number of nitrogens with zero attached hydrogens (tertiary/aromatic N) is 1. The van der Waals surface area contributed by atoms with Gasteiger partial charge in [-0.1, -0.05) is 49.6 Å². The minimum absolute atomic E-state index is 0.0906. The highest BCUT2D eigenvalue weighted by Gasteiger charge is 2.14. The van der Waals surface area contributed by atoms with Gasteiger partial charge in [-0.05, 0) is 24.8 Å². The van der Waals surface area contributed by atoms with Gasteiger partial charge in [0.1, 0.15) is 0 Å². The first-order valence-electron chi connectivity index (χ1n) is 8.36. The molecule has 0 heterocycles. The highest BCUT2D eigenvalue weighted by Crippen LogP contribution is 2.17. The van der Waals surface area contributed by atoms with Crippen LogP contribution in [0.25, 0.3) is 0 Å². The summed E-state index contributed by atoms with van der Waals surface area (Å²) in [5.41, 5.74) is 6.70. The van der Waals surface area contributed by atoms with Crippen molar-refractivity contribution < 1.29 is 8.42 Å². The molecule has 1 aliphatic carbocycles. The maximum Gasteiger partial charge on any atom is 0.188 e. The normalized spacial score (nSPS) is 17.1. The van der Waals surface area contributed by atoms with E-state index in [1.165, 1.54) is 19.3 Å². The van der Waals surface area contributed by atoms with Crippen LogP contribution < -0.4 is 11.1 Å². The lowest BCUT2D eigenvalue weighted by Gasteiger charge is -2.23. The van der Waals surface area contributed by atoms with E-state index in [9.17, 15) is 8.42 Å². The topological polar surface area (TPSA) is 84.5 Å². The summed E-state index contributed by atoms with van der Waals surface area (Å²) in [6.45, 7) is 0.444. The van der Waals surface area contributed by atoms with Crippen LogP contribution in [0, 0.1) is 0 Å². The zero-order valence-electron chi connectivity index (χ0n) is 13.6. The molecule has 23 heavy (non-hydrogen) atoms. The summed E-state index contributed by atoms with van der Waals surface area (Å²) in [6, 6.07) is 9.69. The van der Waals surface area contributed by atoms with Gasteiger partial charge < -0.3 is 11.1 Å². The average molecular weight is 337 g/mol. The molecule has 0 amide bonds. The van der Waals surface area contributed by atoms with Crippen LogP contribution in [-0.4, -0.2) is 32.7 Å². The maximum absolute atomic E-state index is 12.1. The van der Waals surface area contributed by atoms with E-state index >= 15 is 0 Å². The Balaban J connectivity index is 1.70. The lowest BCUT2D eigenvalue weighted by atomic mass is 9.96. The number of benzene rings is 1. The number of rotatable bonds is 7. The Morgan fingerprint density at radius 3 is 2.57 bits per heavy atom. The van der Waals surface area contributed by atoms with Gasteiger partial charge in [-0.15, -0.1) is 0 Å². The Labute approximate surface area is 139 Å². The van der Waals surface area contributed by atoms with Crippen LogP contribution in [0.3, 0.4) is 0 Å². The number of nitrogens with two attached hydrogens (primary N) is 1. The van der Waals surface area contributed by atoms with Gasteiger partial charge in [0.25, 0.3) is 0 Å². The van der Waals surface area contributed by atoms with Crippen molar-refractivity contribution in [2.45, 2.75) is 50.3 Å². The Bertz CT molecular complexity index is 594. The molecule has 0 aliphatic heterocycles. The lowest BCUT2D eigenvalue weighted by molar-refractivity contribution is 0.412. The molecule has 1 saturated carbocycles. The second-order valence-corrected chi connectivity index (χ2v) is 8.36. The quantitative estimate of drug-likeness (QED) is 0.454. The molecule has 1 aliphatic rings. The molecule has 1 aromatic carbocycles. The smallest absolute Gasteiger partial charge is 0.188 e. The second-order valence-electron chi connectivity index (χ2n) is 6.18. The van der Waals surface area contributed by atoms with E-state index in [1.54, 1.807) is 0 Å². The van der Waals surface area contributed by atoms with Crippen LogP contribution in [0.15, 0.2) is 35.3 Å². The first-order chi connectivity index (χ1) is 11.1. The van der Waals surface area contributed by atoms with Gasteiger partial charge in [-0.3, -0.25) is 4.99 Å². The van der Waals surface area contributed by atoms with E-state index in [-0.39, 0.29) is 11.5 Å². The van der Waals surface area contributed by atoms with Crippen molar-refractivity contribution in [3.8, 4) is 0 Å². The molecule has 0 unspecified atom stereocenters. The SMILES string of the molecule is NC(=NCCCS(=O)(=O)Cc1ccccc1)NC1CCCCC1. The van der Waals surface area contributed by atoms with E-state index in [1.807, 2.05) is 30.3 Å². The molecule has 0 atom stereocenters. The van der Waals surface area contributed by atoms with Crippen LogP contribution in [0.5, 0.6) is 0 Å². The third kappa shape index (κ3) is 7.03. The van der Waals surface area contributed by atoms with Crippen molar-refractivity contribution in [3.63, 3.8) is 0 Å². The summed E-state index contributed by atoms with van der Waals surface area (Å²) >= 11 is 0. The van der Waals surface area contributed by atoms with Crippen molar-refractivity contribution in [1.82, 2.24) is 5.32 Å². The standard InChI is InChI=1S/C17H27N3O2S/c18-17(20-16-10-5-2-6-11-16)19-12-7-13-23(21,22)14-15-8-3-1-4-9-15/h1,3-4,8-9,16H,2,5-7,10-14H2,(H3,18,19,20). The molecule has 5 nitrogen and oxygen atoms in total. The maximum atomic E-state index is 12.1. The second kappa shape index (κ2) is 8.91. The van der Waals surface area contributed by atoms with Gasteiger partial charge in [0, 0.05) is 12.6 Å². The predicted molar refractivity (Wildman–Crippen MR) is 95.0 cm³/mol. The summed E-state index contributed by atoms with van der Waals surface area (Å²) in [4.78, 5) is 4.25. The van der Waals surface area contributed by atoms with Gasteiger partial charge in [-0.25, -0.2) is 8.42 Å². The van der Waals surface area contributed by atoms with Crippen LogP contribution >= 0.6 is 0 Å². The van der Waals surface area contributed by atoms with Gasteiger partial charge >= 0.3 is 0 Å². The average Bonchev–Trinajstić information content (AvgIpc) is 2.53. The first kappa shape index (κ1) is 17.8. The van der Waals surface area contributed by atoms with Gasteiger partial charge in [0.2, 0.25) is 0 Å². The molecule has 0 saturated heterocycles.